The Hall–Kier alpha value is -0.0300. The van der Waals surface area contributed by atoms with Gasteiger partial charge in [0, 0.05) is 27.8 Å². The second-order valence-electron chi connectivity index (χ2n) is 4.09. The van der Waals surface area contributed by atoms with Gasteiger partial charge in [-0.1, -0.05) is 29.8 Å². The molecule has 1 aromatic carbocycles. The maximum Gasteiger partial charge on any atom is 0.0627 e. The largest absolute Gasteiger partial charge is 0.380 e. The van der Waals surface area contributed by atoms with Gasteiger partial charge in [0.1, 0.15) is 0 Å². The first-order chi connectivity index (χ1) is 8.76. The Bertz CT molecular complexity index is 318. The van der Waals surface area contributed by atoms with Crippen LogP contribution in [-0.4, -0.2) is 31.6 Å². The molecule has 1 aromatic rings. The van der Waals surface area contributed by atoms with E-state index in [9.17, 15) is 0 Å². The summed E-state index contributed by atoms with van der Waals surface area (Å²) in [5.74, 6) is 1.04. The molecule has 0 aliphatic heterocycles. The molecule has 2 nitrogen and oxygen atoms in total. The van der Waals surface area contributed by atoms with E-state index < -0.39 is 0 Å². The third-order valence-corrected chi connectivity index (χ3v) is 4.13. The van der Waals surface area contributed by atoms with Crippen LogP contribution in [0, 0.1) is 0 Å². The van der Waals surface area contributed by atoms with Crippen LogP contribution in [0.3, 0.4) is 0 Å². The van der Waals surface area contributed by atoms with E-state index in [1.54, 1.807) is 0 Å². The first kappa shape index (κ1) is 16.0. The lowest BCUT2D eigenvalue weighted by atomic mass is 10.3. The normalized spacial score (nSPS) is 12.6. The Labute approximate surface area is 123 Å². The SMILES string of the molecule is CCCOCC(CSc1ccc(Br)cc1)NCC. The molecule has 18 heavy (non-hydrogen) atoms. The molecule has 0 fully saturated rings. The van der Waals surface area contributed by atoms with Crippen molar-refractivity contribution in [1.29, 1.82) is 0 Å². The Morgan fingerprint density at radius 1 is 1.28 bits per heavy atom. The number of hydrogen-bond acceptors (Lipinski definition) is 3. The fraction of sp³-hybridized carbons (Fsp3) is 0.571. The second-order valence-corrected chi connectivity index (χ2v) is 6.10. The lowest BCUT2D eigenvalue weighted by Gasteiger charge is -2.17. The first-order valence-corrected chi connectivity index (χ1v) is 8.23. The van der Waals surface area contributed by atoms with Crippen LogP contribution in [0.5, 0.6) is 0 Å². The van der Waals surface area contributed by atoms with Gasteiger partial charge in [-0.2, -0.15) is 0 Å². The summed E-state index contributed by atoms with van der Waals surface area (Å²) in [6.45, 7) is 6.91. The molecule has 0 aliphatic carbocycles. The van der Waals surface area contributed by atoms with Gasteiger partial charge in [0.05, 0.1) is 6.61 Å². The van der Waals surface area contributed by atoms with Crippen LogP contribution in [0.2, 0.25) is 0 Å². The molecule has 1 rings (SSSR count). The number of ether oxygens (including phenoxy) is 1. The van der Waals surface area contributed by atoms with Gasteiger partial charge < -0.3 is 10.1 Å². The van der Waals surface area contributed by atoms with Crippen LogP contribution in [0.15, 0.2) is 33.6 Å². The highest BCUT2D eigenvalue weighted by atomic mass is 79.9. The average Bonchev–Trinajstić information content (AvgIpc) is 2.38. The first-order valence-electron chi connectivity index (χ1n) is 6.45. The van der Waals surface area contributed by atoms with Crippen molar-refractivity contribution in [3.05, 3.63) is 28.7 Å². The summed E-state index contributed by atoms with van der Waals surface area (Å²) in [5.41, 5.74) is 0. The third-order valence-electron chi connectivity index (χ3n) is 2.43. The molecule has 1 atom stereocenters. The van der Waals surface area contributed by atoms with E-state index in [0.29, 0.717) is 6.04 Å². The number of rotatable bonds is 9. The van der Waals surface area contributed by atoms with Crippen LogP contribution in [0.1, 0.15) is 20.3 Å². The van der Waals surface area contributed by atoms with Crippen molar-refractivity contribution < 1.29 is 4.74 Å². The monoisotopic (exact) mass is 331 g/mol. The standard InChI is InChI=1S/C14H22BrNOS/c1-3-9-17-10-13(16-4-2)11-18-14-7-5-12(15)6-8-14/h5-8,13,16H,3-4,9-11H2,1-2H3. The molecule has 0 amide bonds. The Kier molecular flexibility index (Phi) is 8.76. The molecule has 1 unspecified atom stereocenters. The molecule has 0 aliphatic rings. The zero-order valence-corrected chi connectivity index (χ0v) is 13.5. The summed E-state index contributed by atoms with van der Waals surface area (Å²) in [5, 5.41) is 3.47. The summed E-state index contributed by atoms with van der Waals surface area (Å²) in [7, 11) is 0. The van der Waals surface area contributed by atoms with E-state index in [1.165, 1.54) is 4.90 Å². The molecule has 0 radical (unpaired) electrons. The molecule has 4 heteroatoms. The third kappa shape index (κ3) is 6.78. The Morgan fingerprint density at radius 3 is 2.61 bits per heavy atom. The summed E-state index contributed by atoms with van der Waals surface area (Å²) >= 11 is 5.32. The predicted molar refractivity (Wildman–Crippen MR) is 83.4 cm³/mol. The van der Waals surface area contributed by atoms with Gasteiger partial charge in [0.2, 0.25) is 0 Å². The van der Waals surface area contributed by atoms with E-state index in [1.807, 2.05) is 11.8 Å². The zero-order valence-electron chi connectivity index (χ0n) is 11.1. The maximum absolute atomic E-state index is 5.62. The minimum Gasteiger partial charge on any atom is -0.380 e. The highest BCUT2D eigenvalue weighted by Gasteiger charge is 2.08. The van der Waals surface area contributed by atoms with E-state index in [-0.39, 0.29) is 0 Å². The average molecular weight is 332 g/mol. The number of benzene rings is 1. The Balaban J connectivity index is 2.33. The second kappa shape index (κ2) is 9.84. The minimum atomic E-state index is 0.426. The van der Waals surface area contributed by atoms with Crippen molar-refractivity contribution in [2.75, 3.05) is 25.5 Å². The number of thioether (sulfide) groups is 1. The molecule has 0 saturated carbocycles. The highest BCUT2D eigenvalue weighted by molar-refractivity contribution is 9.10. The van der Waals surface area contributed by atoms with Crippen LogP contribution in [0.25, 0.3) is 0 Å². The lowest BCUT2D eigenvalue weighted by Crippen LogP contribution is -2.35. The molecule has 0 heterocycles. The van der Waals surface area contributed by atoms with Crippen molar-refractivity contribution in [2.24, 2.45) is 0 Å². The zero-order chi connectivity index (χ0) is 13.2. The van der Waals surface area contributed by atoms with Crippen molar-refractivity contribution in [2.45, 2.75) is 31.2 Å². The van der Waals surface area contributed by atoms with Crippen molar-refractivity contribution >= 4 is 27.7 Å². The molecule has 1 N–H and O–H groups in total. The molecule has 0 bridgehead atoms. The molecular weight excluding hydrogens is 310 g/mol. The molecule has 0 saturated heterocycles. The number of nitrogens with one attached hydrogen (secondary N) is 1. The van der Waals surface area contributed by atoms with Crippen LogP contribution >= 0.6 is 27.7 Å². The fourth-order valence-corrected chi connectivity index (χ4v) is 2.75. The molecule has 0 spiro atoms. The summed E-state index contributed by atoms with van der Waals surface area (Å²) < 4.78 is 6.75. The minimum absolute atomic E-state index is 0.426. The van der Waals surface area contributed by atoms with Crippen molar-refractivity contribution in [3.63, 3.8) is 0 Å². The van der Waals surface area contributed by atoms with Crippen molar-refractivity contribution in [3.8, 4) is 0 Å². The molecular formula is C14H22BrNOS. The summed E-state index contributed by atoms with van der Waals surface area (Å²) in [6, 6.07) is 8.88. The smallest absolute Gasteiger partial charge is 0.0627 e. The molecule has 102 valence electrons. The van der Waals surface area contributed by atoms with E-state index >= 15 is 0 Å². The lowest BCUT2D eigenvalue weighted by molar-refractivity contribution is 0.117. The maximum atomic E-state index is 5.62. The number of likely N-dealkylation sites (N-methyl/N-ethyl adjacent to an activating group) is 1. The van der Waals surface area contributed by atoms with Gasteiger partial charge in [0.25, 0.3) is 0 Å². The van der Waals surface area contributed by atoms with Crippen LogP contribution in [-0.2, 0) is 4.74 Å². The van der Waals surface area contributed by atoms with E-state index in [4.69, 9.17) is 4.74 Å². The van der Waals surface area contributed by atoms with E-state index in [2.05, 4.69) is 59.4 Å². The predicted octanol–water partition coefficient (Wildman–Crippen LogP) is 3.95. The quantitative estimate of drug-likeness (QED) is 0.547. The summed E-state index contributed by atoms with van der Waals surface area (Å²) in [4.78, 5) is 1.30. The van der Waals surface area contributed by atoms with Crippen LogP contribution in [0.4, 0.5) is 0 Å². The fourth-order valence-electron chi connectivity index (χ4n) is 1.55. The van der Waals surface area contributed by atoms with Gasteiger partial charge in [0.15, 0.2) is 0 Å². The van der Waals surface area contributed by atoms with Crippen molar-refractivity contribution in [1.82, 2.24) is 5.32 Å². The molecule has 0 aromatic heterocycles. The highest BCUT2D eigenvalue weighted by Crippen LogP contribution is 2.21. The van der Waals surface area contributed by atoms with Gasteiger partial charge in [-0.3, -0.25) is 0 Å². The Morgan fingerprint density at radius 2 is 2.00 bits per heavy atom. The topological polar surface area (TPSA) is 21.3 Å². The summed E-state index contributed by atoms with van der Waals surface area (Å²) in [6.07, 6.45) is 1.08. The number of halogens is 1. The van der Waals surface area contributed by atoms with Gasteiger partial charge in [-0.05, 0) is 37.2 Å². The van der Waals surface area contributed by atoms with Gasteiger partial charge in [-0.15, -0.1) is 11.8 Å². The number of hydrogen-bond donors (Lipinski definition) is 1. The van der Waals surface area contributed by atoms with E-state index in [0.717, 1.165) is 36.4 Å². The van der Waals surface area contributed by atoms with Gasteiger partial charge >= 0.3 is 0 Å². The van der Waals surface area contributed by atoms with Crippen LogP contribution < -0.4 is 5.32 Å². The van der Waals surface area contributed by atoms with Gasteiger partial charge in [-0.25, -0.2) is 0 Å².